The van der Waals surface area contributed by atoms with E-state index in [2.05, 4.69) is 0 Å². The Balaban J connectivity index is 3.23. The average Bonchev–Trinajstić information content (AvgIpc) is 2.42. The number of ketones is 1. The number of esters is 4. The molecular formula is C15H18O9. The summed E-state index contributed by atoms with van der Waals surface area (Å²) in [6.45, 7) is 4.10. The predicted molar refractivity (Wildman–Crippen MR) is 76.4 cm³/mol. The van der Waals surface area contributed by atoms with E-state index in [1.165, 1.54) is 0 Å². The largest absolute Gasteiger partial charge is 0.461 e. The van der Waals surface area contributed by atoms with Gasteiger partial charge in [0.05, 0.1) is 0 Å². The molecule has 0 aromatic heterocycles. The van der Waals surface area contributed by atoms with Crippen LogP contribution >= 0.6 is 0 Å². The van der Waals surface area contributed by atoms with Crippen molar-refractivity contribution in [3.05, 3.63) is 11.6 Å². The molecule has 132 valence electrons. The van der Waals surface area contributed by atoms with Gasteiger partial charge in [0.25, 0.3) is 0 Å². The average molecular weight is 342 g/mol. The highest BCUT2D eigenvalue weighted by Gasteiger charge is 2.46. The van der Waals surface area contributed by atoms with Crippen LogP contribution in [-0.4, -0.2) is 54.6 Å². The number of ether oxygens (including phenoxy) is 4. The maximum atomic E-state index is 12.2. The van der Waals surface area contributed by atoms with Crippen LogP contribution in [0.25, 0.3) is 0 Å². The second kappa shape index (κ2) is 8.23. The second-order valence-corrected chi connectivity index (χ2v) is 5.04. The highest BCUT2D eigenvalue weighted by atomic mass is 16.6. The molecule has 0 aromatic carbocycles. The van der Waals surface area contributed by atoms with E-state index in [1.807, 2.05) is 0 Å². The molecule has 24 heavy (non-hydrogen) atoms. The van der Waals surface area contributed by atoms with Crippen molar-refractivity contribution in [3.63, 3.8) is 0 Å². The molecule has 1 aliphatic carbocycles. The van der Waals surface area contributed by atoms with Crippen LogP contribution in [0.2, 0.25) is 0 Å². The van der Waals surface area contributed by atoms with E-state index in [9.17, 15) is 24.0 Å². The number of hydrogen-bond donors (Lipinski definition) is 0. The monoisotopic (exact) mass is 342 g/mol. The summed E-state index contributed by atoms with van der Waals surface area (Å²) < 4.78 is 19.8. The van der Waals surface area contributed by atoms with Crippen molar-refractivity contribution in [3.8, 4) is 0 Å². The minimum atomic E-state index is -1.46. The summed E-state index contributed by atoms with van der Waals surface area (Å²) in [7, 11) is 0. The number of rotatable bonds is 5. The molecule has 1 rings (SSSR count). The lowest BCUT2D eigenvalue weighted by Gasteiger charge is -2.35. The van der Waals surface area contributed by atoms with Crippen molar-refractivity contribution in [2.45, 2.75) is 46.0 Å². The zero-order chi connectivity index (χ0) is 18.4. The number of carbonyl (C=O) groups is 5. The molecular weight excluding hydrogens is 324 g/mol. The van der Waals surface area contributed by atoms with Crippen LogP contribution in [0, 0.1) is 0 Å². The van der Waals surface area contributed by atoms with Gasteiger partial charge in [0.1, 0.15) is 6.61 Å². The van der Waals surface area contributed by atoms with Crippen molar-refractivity contribution in [2.24, 2.45) is 0 Å². The molecule has 0 fully saturated rings. The van der Waals surface area contributed by atoms with Crippen molar-refractivity contribution in [1.82, 2.24) is 0 Å². The normalized spacial score (nSPS) is 22.9. The highest BCUT2D eigenvalue weighted by molar-refractivity contribution is 5.97. The van der Waals surface area contributed by atoms with Gasteiger partial charge >= 0.3 is 23.9 Å². The Kier molecular flexibility index (Phi) is 6.63. The molecule has 0 spiro atoms. The molecule has 9 heteroatoms. The Bertz CT molecular complexity index is 590. The number of hydrogen-bond acceptors (Lipinski definition) is 9. The fourth-order valence-electron chi connectivity index (χ4n) is 2.13. The lowest BCUT2D eigenvalue weighted by atomic mass is 9.90. The van der Waals surface area contributed by atoms with Gasteiger partial charge in [-0.1, -0.05) is 0 Å². The zero-order valence-electron chi connectivity index (χ0n) is 13.7. The third kappa shape index (κ3) is 5.49. The molecule has 3 atom stereocenters. The number of carbonyl (C=O) groups excluding carboxylic acids is 5. The molecule has 0 aromatic rings. The highest BCUT2D eigenvalue weighted by Crippen LogP contribution is 2.26. The summed E-state index contributed by atoms with van der Waals surface area (Å²) in [4.78, 5) is 57.0. The molecule has 0 bridgehead atoms. The Morgan fingerprint density at radius 3 is 1.79 bits per heavy atom. The minimum Gasteiger partial charge on any atom is -0.461 e. The van der Waals surface area contributed by atoms with E-state index in [1.54, 1.807) is 0 Å². The zero-order valence-corrected chi connectivity index (χ0v) is 13.7. The van der Waals surface area contributed by atoms with Gasteiger partial charge in [-0.2, -0.15) is 0 Å². The van der Waals surface area contributed by atoms with E-state index >= 15 is 0 Å². The molecule has 0 radical (unpaired) electrons. The van der Waals surface area contributed by atoms with Crippen LogP contribution in [0.3, 0.4) is 0 Å². The Labute approximate surface area is 137 Å². The van der Waals surface area contributed by atoms with Gasteiger partial charge in [-0.05, 0) is 6.08 Å². The minimum absolute atomic E-state index is 0.111. The molecule has 0 saturated heterocycles. The van der Waals surface area contributed by atoms with Crippen LogP contribution in [0.1, 0.15) is 27.7 Å². The topological polar surface area (TPSA) is 122 Å². The lowest BCUT2D eigenvalue weighted by molar-refractivity contribution is -0.183. The summed E-state index contributed by atoms with van der Waals surface area (Å²) in [6.07, 6.45) is -3.02. The maximum Gasteiger partial charge on any atom is 0.303 e. The second-order valence-electron chi connectivity index (χ2n) is 5.04. The van der Waals surface area contributed by atoms with Gasteiger partial charge in [0, 0.05) is 33.3 Å². The lowest BCUT2D eigenvalue weighted by Crippen LogP contribution is -2.52. The summed E-state index contributed by atoms with van der Waals surface area (Å²) in [6, 6.07) is 0. The van der Waals surface area contributed by atoms with E-state index in [4.69, 9.17) is 18.9 Å². The maximum absolute atomic E-state index is 12.2. The van der Waals surface area contributed by atoms with Gasteiger partial charge < -0.3 is 18.9 Å². The van der Waals surface area contributed by atoms with Crippen LogP contribution in [0.4, 0.5) is 0 Å². The summed E-state index contributed by atoms with van der Waals surface area (Å²) in [5.41, 5.74) is 0.111. The van der Waals surface area contributed by atoms with Crippen LogP contribution < -0.4 is 0 Å². The summed E-state index contributed by atoms with van der Waals surface area (Å²) in [5.74, 6) is -3.56. The first-order chi connectivity index (χ1) is 11.1. The fourth-order valence-corrected chi connectivity index (χ4v) is 2.13. The van der Waals surface area contributed by atoms with E-state index in [-0.39, 0.29) is 12.2 Å². The van der Waals surface area contributed by atoms with Crippen molar-refractivity contribution in [2.75, 3.05) is 6.61 Å². The van der Waals surface area contributed by atoms with Crippen LogP contribution in [0.5, 0.6) is 0 Å². The first kappa shape index (κ1) is 19.3. The van der Waals surface area contributed by atoms with Gasteiger partial charge in [-0.3, -0.25) is 24.0 Å². The quantitative estimate of drug-likeness (QED) is 0.496. The molecule has 0 unspecified atom stereocenters. The standard InChI is InChI=1S/C15H18O9/c1-7(16)21-6-11-5-12(20)14(23-9(3)18)15(24-10(4)19)13(11)22-8(2)17/h5,13-15H,6H2,1-4H3/t13-,14-,15-/m0/s1. The van der Waals surface area contributed by atoms with Crippen molar-refractivity contribution < 1.29 is 42.9 Å². The predicted octanol–water partition coefficient (Wildman–Crippen LogP) is -0.146. The van der Waals surface area contributed by atoms with Crippen molar-refractivity contribution in [1.29, 1.82) is 0 Å². The van der Waals surface area contributed by atoms with E-state index < -0.39 is 48.0 Å². The Hall–Kier alpha value is -2.71. The van der Waals surface area contributed by atoms with Crippen molar-refractivity contribution >= 4 is 29.7 Å². The smallest absolute Gasteiger partial charge is 0.303 e. The molecule has 0 N–H and O–H groups in total. The molecule has 0 amide bonds. The van der Waals surface area contributed by atoms with Gasteiger partial charge in [-0.25, -0.2) is 0 Å². The molecule has 0 aliphatic heterocycles. The van der Waals surface area contributed by atoms with Crippen LogP contribution in [0.15, 0.2) is 11.6 Å². The summed E-state index contributed by atoms with van der Waals surface area (Å²) >= 11 is 0. The summed E-state index contributed by atoms with van der Waals surface area (Å²) in [5, 5.41) is 0. The molecule has 9 nitrogen and oxygen atoms in total. The molecule has 0 saturated carbocycles. The van der Waals surface area contributed by atoms with E-state index in [0.29, 0.717) is 0 Å². The van der Waals surface area contributed by atoms with Gasteiger partial charge in [-0.15, -0.1) is 0 Å². The Morgan fingerprint density at radius 1 is 0.833 bits per heavy atom. The first-order valence-electron chi connectivity index (χ1n) is 7.01. The van der Waals surface area contributed by atoms with Gasteiger partial charge in [0.15, 0.2) is 12.2 Å². The fraction of sp³-hybridized carbons (Fsp3) is 0.533. The van der Waals surface area contributed by atoms with E-state index in [0.717, 1.165) is 33.8 Å². The SMILES string of the molecule is CC(=O)OCC1=CC(=O)[C@H](OC(C)=O)[C@@H](OC(C)=O)[C@H]1OC(C)=O. The van der Waals surface area contributed by atoms with Crippen LogP contribution in [-0.2, 0) is 42.9 Å². The first-order valence-corrected chi connectivity index (χ1v) is 7.01. The molecule has 1 aliphatic rings. The van der Waals surface area contributed by atoms with Gasteiger partial charge in [0.2, 0.25) is 11.9 Å². The Morgan fingerprint density at radius 2 is 1.33 bits per heavy atom. The molecule has 0 heterocycles. The third-order valence-electron chi connectivity index (χ3n) is 2.90. The third-order valence-corrected chi connectivity index (χ3v) is 2.90.